The van der Waals surface area contributed by atoms with Gasteiger partial charge < -0.3 is 9.47 Å². The van der Waals surface area contributed by atoms with Gasteiger partial charge in [-0.1, -0.05) is 0 Å². The van der Waals surface area contributed by atoms with Crippen LogP contribution in [0.4, 0.5) is 35.9 Å². The Morgan fingerprint density at radius 3 is 1.17 bits per heavy atom. The summed E-state index contributed by atoms with van der Waals surface area (Å²) in [6.45, 7) is 2.00. The molecule has 0 radical (unpaired) electrons. The number of nitrogens with one attached hydrogen (secondary N) is 2. The summed E-state index contributed by atoms with van der Waals surface area (Å²) in [5.41, 5.74) is 0. The monoisotopic (exact) mass is 368 g/mol. The molecule has 0 heterocycles. The zero-order valence-corrected chi connectivity index (χ0v) is 11.9. The van der Waals surface area contributed by atoms with Crippen LogP contribution in [0.5, 0.6) is 0 Å². The molecule has 0 aromatic heterocycles. The lowest BCUT2D eigenvalue weighted by Crippen LogP contribution is -2.45. The van der Waals surface area contributed by atoms with Gasteiger partial charge in [-0.3, -0.25) is 20.2 Å². The van der Waals surface area contributed by atoms with E-state index in [2.05, 4.69) is 9.47 Å². The average Bonchev–Trinajstić information content (AvgIpc) is 2.35. The fraction of sp³-hybridized carbons (Fsp3) is 0.600. The highest BCUT2D eigenvalue weighted by Gasteiger charge is 2.41. The molecule has 0 aromatic carbocycles. The zero-order valence-electron chi connectivity index (χ0n) is 11.9. The summed E-state index contributed by atoms with van der Waals surface area (Å²) >= 11 is 0. The summed E-state index contributed by atoms with van der Waals surface area (Å²) in [4.78, 5) is 42.9. The second-order valence-corrected chi connectivity index (χ2v) is 4.12. The molecule has 0 fully saturated rings. The van der Waals surface area contributed by atoms with Gasteiger partial charge in [0.05, 0.1) is 0 Å². The van der Waals surface area contributed by atoms with Crippen LogP contribution in [0.3, 0.4) is 0 Å². The number of hydrogen-bond donors (Lipinski definition) is 2. The Balaban J connectivity index is 4.45. The van der Waals surface area contributed by atoms with Gasteiger partial charge in [0.2, 0.25) is 0 Å². The molecule has 0 saturated heterocycles. The van der Waals surface area contributed by atoms with Crippen molar-refractivity contribution in [3.05, 3.63) is 0 Å². The van der Waals surface area contributed by atoms with E-state index in [9.17, 15) is 45.5 Å². The lowest BCUT2D eigenvalue weighted by molar-refractivity contribution is -0.173. The third-order valence-corrected chi connectivity index (χ3v) is 2.19. The first-order valence-electron chi connectivity index (χ1n) is 5.82. The SMILES string of the molecule is CC(OC(=O)NC(=O)C(F)(F)F)C(C)OC(=O)NC(=O)C(F)(F)F. The lowest BCUT2D eigenvalue weighted by Gasteiger charge is -2.20. The Morgan fingerprint density at radius 1 is 0.708 bits per heavy atom. The summed E-state index contributed by atoms with van der Waals surface area (Å²) in [6, 6.07) is 0. The normalized spacial score (nSPS) is 14.2. The first kappa shape index (κ1) is 21.5. The fourth-order valence-electron chi connectivity index (χ4n) is 0.915. The third-order valence-electron chi connectivity index (χ3n) is 2.19. The van der Waals surface area contributed by atoms with Crippen molar-refractivity contribution >= 4 is 24.0 Å². The van der Waals surface area contributed by atoms with Gasteiger partial charge >= 0.3 is 36.4 Å². The highest BCUT2D eigenvalue weighted by atomic mass is 19.4. The highest BCUT2D eigenvalue weighted by molar-refractivity contribution is 5.95. The van der Waals surface area contributed by atoms with Gasteiger partial charge in [-0.25, -0.2) is 9.59 Å². The van der Waals surface area contributed by atoms with Crippen molar-refractivity contribution in [1.82, 2.24) is 10.6 Å². The quantitative estimate of drug-likeness (QED) is 0.729. The molecule has 0 aliphatic rings. The van der Waals surface area contributed by atoms with E-state index in [1.165, 1.54) is 0 Å². The molecule has 24 heavy (non-hydrogen) atoms. The second kappa shape index (κ2) is 7.83. The van der Waals surface area contributed by atoms with Crippen molar-refractivity contribution in [2.75, 3.05) is 0 Å². The van der Waals surface area contributed by atoms with Crippen LogP contribution in [0.1, 0.15) is 13.8 Å². The number of imide groups is 2. The first-order chi connectivity index (χ1) is 10.6. The van der Waals surface area contributed by atoms with Crippen LogP contribution >= 0.6 is 0 Å². The number of carbonyl (C=O) groups is 4. The summed E-state index contributed by atoms with van der Waals surface area (Å²) in [5.74, 6) is -5.22. The number of ether oxygens (including phenoxy) is 2. The number of amides is 4. The molecule has 8 nitrogen and oxygen atoms in total. The number of hydrogen-bond acceptors (Lipinski definition) is 6. The van der Waals surface area contributed by atoms with Gasteiger partial charge in [-0.15, -0.1) is 0 Å². The van der Waals surface area contributed by atoms with Gasteiger partial charge in [-0.2, -0.15) is 26.3 Å². The number of rotatable bonds is 3. The van der Waals surface area contributed by atoms with E-state index in [4.69, 9.17) is 0 Å². The molecule has 2 atom stereocenters. The first-order valence-corrected chi connectivity index (χ1v) is 5.82. The topological polar surface area (TPSA) is 111 Å². The van der Waals surface area contributed by atoms with Gasteiger partial charge in [0.15, 0.2) is 0 Å². The van der Waals surface area contributed by atoms with E-state index < -0.39 is 48.6 Å². The number of carbonyl (C=O) groups excluding carboxylic acids is 4. The maximum atomic E-state index is 11.9. The van der Waals surface area contributed by atoms with E-state index in [0.717, 1.165) is 24.5 Å². The highest BCUT2D eigenvalue weighted by Crippen LogP contribution is 2.15. The summed E-state index contributed by atoms with van der Waals surface area (Å²) < 4.78 is 79.8. The summed E-state index contributed by atoms with van der Waals surface area (Å²) in [5, 5.41) is 1.65. The van der Waals surface area contributed by atoms with E-state index in [0.29, 0.717) is 0 Å². The molecule has 0 aromatic rings. The molecule has 14 heteroatoms. The van der Waals surface area contributed by atoms with Crippen molar-refractivity contribution in [3.8, 4) is 0 Å². The van der Waals surface area contributed by atoms with Gasteiger partial charge in [-0.05, 0) is 13.8 Å². The van der Waals surface area contributed by atoms with Crippen LogP contribution in [-0.2, 0) is 19.1 Å². The van der Waals surface area contributed by atoms with Crippen molar-refractivity contribution in [3.63, 3.8) is 0 Å². The predicted octanol–water partition coefficient (Wildman–Crippen LogP) is 1.39. The van der Waals surface area contributed by atoms with Crippen LogP contribution in [-0.4, -0.2) is 48.6 Å². The lowest BCUT2D eigenvalue weighted by atomic mass is 10.2. The van der Waals surface area contributed by atoms with Crippen LogP contribution in [0.2, 0.25) is 0 Å². The van der Waals surface area contributed by atoms with Crippen LogP contribution in [0.15, 0.2) is 0 Å². The minimum atomic E-state index is -5.35. The molecule has 0 aliphatic heterocycles. The maximum absolute atomic E-state index is 11.9. The van der Waals surface area contributed by atoms with Crippen molar-refractivity contribution in [1.29, 1.82) is 0 Å². The molecule has 2 N–H and O–H groups in total. The van der Waals surface area contributed by atoms with E-state index >= 15 is 0 Å². The van der Waals surface area contributed by atoms with Crippen LogP contribution in [0, 0.1) is 0 Å². The third kappa shape index (κ3) is 7.64. The average molecular weight is 368 g/mol. The molecule has 0 spiro atoms. The minimum Gasteiger partial charge on any atom is -0.442 e. The molecule has 2 unspecified atom stereocenters. The molecule has 0 bridgehead atoms. The van der Waals surface area contributed by atoms with E-state index in [1.807, 2.05) is 0 Å². The Morgan fingerprint density at radius 2 is 0.958 bits per heavy atom. The largest absolute Gasteiger partial charge is 0.471 e. The van der Waals surface area contributed by atoms with Gasteiger partial charge in [0.25, 0.3) is 0 Å². The maximum Gasteiger partial charge on any atom is 0.471 e. The molecule has 0 saturated carbocycles. The molecular formula is C10H10F6N2O6. The van der Waals surface area contributed by atoms with Crippen molar-refractivity contribution in [2.24, 2.45) is 0 Å². The number of alkyl carbamates (subject to hydrolysis) is 2. The molecule has 138 valence electrons. The predicted molar refractivity (Wildman–Crippen MR) is 60.3 cm³/mol. The Hall–Kier alpha value is -2.54. The van der Waals surface area contributed by atoms with E-state index in [1.54, 1.807) is 0 Å². The molecule has 0 rings (SSSR count). The van der Waals surface area contributed by atoms with Crippen molar-refractivity contribution in [2.45, 2.75) is 38.4 Å². The zero-order chi connectivity index (χ0) is 19.3. The van der Waals surface area contributed by atoms with Crippen molar-refractivity contribution < 1.29 is 55.0 Å². The summed E-state index contributed by atoms with van der Waals surface area (Å²) in [7, 11) is 0. The smallest absolute Gasteiger partial charge is 0.442 e. The van der Waals surface area contributed by atoms with Crippen LogP contribution in [0.25, 0.3) is 0 Å². The number of halogens is 6. The standard InChI is InChI=1S/C10H10F6N2O6/c1-3(23-7(21)17-5(19)9(11,12)13)4(2)24-8(22)18-6(20)10(14,15)16/h3-4H,1-2H3,(H,17,19,21)(H,18,20,22). The second-order valence-electron chi connectivity index (χ2n) is 4.12. The Labute approximate surface area is 129 Å². The fourth-order valence-corrected chi connectivity index (χ4v) is 0.915. The molecule has 0 aliphatic carbocycles. The molecule has 4 amide bonds. The molecular weight excluding hydrogens is 358 g/mol. The minimum absolute atomic E-state index is 0.827. The van der Waals surface area contributed by atoms with Gasteiger partial charge in [0.1, 0.15) is 12.2 Å². The van der Waals surface area contributed by atoms with E-state index in [-0.39, 0.29) is 0 Å². The number of alkyl halides is 6. The summed E-state index contributed by atoms with van der Waals surface area (Å²) in [6.07, 6.45) is -17.3. The van der Waals surface area contributed by atoms with Crippen LogP contribution < -0.4 is 10.6 Å². The Bertz CT molecular complexity index is 471. The Kier molecular flexibility index (Phi) is 7.00. The van der Waals surface area contributed by atoms with Gasteiger partial charge in [0, 0.05) is 0 Å².